The molecule has 0 saturated carbocycles. The Balaban J connectivity index is 2.95. The molecule has 0 aliphatic heterocycles. The summed E-state index contributed by atoms with van der Waals surface area (Å²) in [5, 5.41) is 10.00. The first-order chi connectivity index (χ1) is 8.08. The average molecular weight is 256 g/mol. The van der Waals surface area contributed by atoms with Gasteiger partial charge >= 0.3 is 6.01 Å². The fourth-order valence-electron chi connectivity index (χ4n) is 1.59. The molecule has 0 spiro atoms. The predicted molar refractivity (Wildman–Crippen MR) is 63.7 cm³/mol. The SMILES string of the molecule is COc1cc(Cl)c2nc(O)nc(N)c2c1OC. The first-order valence-electron chi connectivity index (χ1n) is 4.65. The lowest BCUT2D eigenvalue weighted by molar-refractivity contribution is 0.358. The van der Waals surface area contributed by atoms with Crippen LogP contribution in [0.3, 0.4) is 0 Å². The molecule has 0 unspecified atom stereocenters. The highest BCUT2D eigenvalue weighted by molar-refractivity contribution is 6.36. The molecule has 1 aromatic carbocycles. The number of rotatable bonds is 2. The van der Waals surface area contributed by atoms with Crippen molar-refractivity contribution in [2.24, 2.45) is 0 Å². The van der Waals surface area contributed by atoms with Gasteiger partial charge < -0.3 is 20.3 Å². The molecule has 3 N–H and O–H groups in total. The minimum Gasteiger partial charge on any atom is -0.493 e. The minimum absolute atomic E-state index is 0.0742. The van der Waals surface area contributed by atoms with Gasteiger partial charge in [0.15, 0.2) is 11.5 Å². The van der Waals surface area contributed by atoms with E-state index in [2.05, 4.69) is 9.97 Å². The van der Waals surface area contributed by atoms with Crippen LogP contribution in [0.1, 0.15) is 0 Å². The van der Waals surface area contributed by atoms with Gasteiger partial charge in [0.25, 0.3) is 0 Å². The van der Waals surface area contributed by atoms with Crippen LogP contribution < -0.4 is 15.2 Å². The summed E-state index contributed by atoms with van der Waals surface area (Å²) in [6.45, 7) is 0. The van der Waals surface area contributed by atoms with Crippen molar-refractivity contribution in [3.05, 3.63) is 11.1 Å². The van der Waals surface area contributed by atoms with Crippen LogP contribution in [0.4, 0.5) is 5.82 Å². The molecule has 0 radical (unpaired) electrons. The zero-order valence-electron chi connectivity index (χ0n) is 9.19. The summed E-state index contributed by atoms with van der Waals surface area (Å²) in [5.74, 6) is 0.875. The lowest BCUT2D eigenvalue weighted by Gasteiger charge is -2.12. The van der Waals surface area contributed by atoms with Gasteiger partial charge in [0.05, 0.1) is 24.6 Å². The maximum Gasteiger partial charge on any atom is 0.316 e. The van der Waals surface area contributed by atoms with Gasteiger partial charge in [-0.25, -0.2) is 0 Å². The smallest absolute Gasteiger partial charge is 0.316 e. The van der Waals surface area contributed by atoms with E-state index in [4.69, 9.17) is 26.8 Å². The van der Waals surface area contributed by atoms with Gasteiger partial charge in [-0.05, 0) is 0 Å². The third-order valence-corrected chi connectivity index (χ3v) is 2.57. The Morgan fingerprint density at radius 2 is 2.00 bits per heavy atom. The van der Waals surface area contributed by atoms with Crippen LogP contribution in [-0.2, 0) is 0 Å². The first kappa shape index (κ1) is 11.5. The zero-order valence-corrected chi connectivity index (χ0v) is 9.95. The lowest BCUT2D eigenvalue weighted by Crippen LogP contribution is -1.99. The largest absolute Gasteiger partial charge is 0.493 e. The summed E-state index contributed by atoms with van der Waals surface area (Å²) in [5.41, 5.74) is 6.03. The fourth-order valence-corrected chi connectivity index (χ4v) is 1.82. The van der Waals surface area contributed by atoms with Crippen LogP contribution in [0.2, 0.25) is 5.02 Å². The van der Waals surface area contributed by atoms with Gasteiger partial charge in [-0.1, -0.05) is 11.6 Å². The average Bonchev–Trinajstić information content (AvgIpc) is 2.29. The number of aromatic nitrogens is 2. The maximum absolute atomic E-state index is 9.29. The maximum atomic E-state index is 9.29. The number of aromatic hydroxyl groups is 1. The van der Waals surface area contributed by atoms with Crippen LogP contribution in [-0.4, -0.2) is 29.3 Å². The van der Waals surface area contributed by atoms with Gasteiger partial charge in [-0.2, -0.15) is 9.97 Å². The van der Waals surface area contributed by atoms with Gasteiger partial charge in [-0.15, -0.1) is 0 Å². The number of benzene rings is 1. The zero-order chi connectivity index (χ0) is 12.6. The normalized spacial score (nSPS) is 10.5. The standard InChI is InChI=1S/C10H10ClN3O3/c1-16-5-3-4(11)7-6(8(5)17-2)9(12)14-10(15)13-7/h3H,1-2H3,(H3,12,13,14,15). The molecule has 0 saturated heterocycles. The summed E-state index contributed by atoms with van der Waals surface area (Å²) in [4.78, 5) is 7.47. The van der Waals surface area contributed by atoms with Crippen molar-refractivity contribution in [1.82, 2.24) is 9.97 Å². The van der Waals surface area contributed by atoms with Gasteiger partial charge in [0.1, 0.15) is 11.3 Å². The van der Waals surface area contributed by atoms with E-state index >= 15 is 0 Å². The quantitative estimate of drug-likeness (QED) is 0.847. The van der Waals surface area contributed by atoms with E-state index in [9.17, 15) is 5.11 Å². The first-order valence-corrected chi connectivity index (χ1v) is 5.03. The highest BCUT2D eigenvalue weighted by Gasteiger charge is 2.18. The van der Waals surface area contributed by atoms with Crippen LogP contribution in [0.15, 0.2) is 6.07 Å². The fraction of sp³-hybridized carbons (Fsp3) is 0.200. The molecule has 17 heavy (non-hydrogen) atoms. The van der Waals surface area contributed by atoms with Crippen LogP contribution >= 0.6 is 11.6 Å². The highest BCUT2D eigenvalue weighted by atomic mass is 35.5. The molecule has 7 heteroatoms. The summed E-state index contributed by atoms with van der Waals surface area (Å²) in [6, 6.07) is 1.10. The van der Waals surface area contributed by atoms with Crippen molar-refractivity contribution in [2.75, 3.05) is 20.0 Å². The number of ether oxygens (including phenoxy) is 2. The third-order valence-electron chi connectivity index (χ3n) is 2.28. The Kier molecular flexibility index (Phi) is 2.81. The molecule has 0 aliphatic rings. The second-order valence-corrected chi connectivity index (χ2v) is 3.63. The Hall–Kier alpha value is -1.95. The Morgan fingerprint density at radius 1 is 1.29 bits per heavy atom. The minimum atomic E-state index is -0.441. The summed E-state index contributed by atoms with van der Waals surface area (Å²) in [7, 11) is 2.95. The summed E-state index contributed by atoms with van der Waals surface area (Å²) < 4.78 is 10.3. The molecule has 0 fully saturated rings. The number of anilines is 1. The summed E-state index contributed by atoms with van der Waals surface area (Å²) >= 11 is 6.02. The van der Waals surface area contributed by atoms with E-state index in [1.165, 1.54) is 20.3 Å². The van der Waals surface area contributed by atoms with Crippen molar-refractivity contribution in [3.63, 3.8) is 0 Å². The van der Waals surface area contributed by atoms with E-state index in [1.54, 1.807) is 0 Å². The molecule has 0 aliphatic carbocycles. The van der Waals surface area contributed by atoms with E-state index in [0.717, 1.165) is 0 Å². The number of hydrogen-bond donors (Lipinski definition) is 2. The molecule has 1 aromatic heterocycles. The monoisotopic (exact) mass is 255 g/mol. The number of nitrogen functional groups attached to an aromatic ring is 1. The molecular weight excluding hydrogens is 246 g/mol. The number of nitrogens with two attached hydrogens (primary N) is 1. The molecular formula is C10H10ClN3O3. The van der Waals surface area contributed by atoms with Crippen molar-refractivity contribution in [3.8, 4) is 17.5 Å². The van der Waals surface area contributed by atoms with Gasteiger partial charge in [0.2, 0.25) is 0 Å². The molecule has 2 rings (SSSR count). The second-order valence-electron chi connectivity index (χ2n) is 3.23. The molecule has 0 atom stereocenters. The molecule has 90 valence electrons. The highest BCUT2D eigenvalue weighted by Crippen LogP contribution is 2.41. The van der Waals surface area contributed by atoms with Crippen molar-refractivity contribution in [2.45, 2.75) is 0 Å². The van der Waals surface area contributed by atoms with Crippen molar-refractivity contribution >= 4 is 28.3 Å². The van der Waals surface area contributed by atoms with E-state index in [0.29, 0.717) is 27.4 Å². The van der Waals surface area contributed by atoms with Crippen LogP contribution in [0, 0.1) is 0 Å². The number of methoxy groups -OCH3 is 2. The lowest BCUT2D eigenvalue weighted by atomic mass is 10.2. The van der Waals surface area contributed by atoms with E-state index < -0.39 is 6.01 Å². The predicted octanol–water partition coefficient (Wildman–Crippen LogP) is 1.59. The summed E-state index contributed by atoms with van der Waals surface area (Å²) in [6.07, 6.45) is 0. The topological polar surface area (TPSA) is 90.5 Å². The van der Waals surface area contributed by atoms with Crippen LogP contribution in [0.25, 0.3) is 10.9 Å². The molecule has 2 aromatic rings. The number of nitrogens with zero attached hydrogens (tertiary/aromatic N) is 2. The van der Waals surface area contributed by atoms with E-state index in [-0.39, 0.29) is 5.82 Å². The van der Waals surface area contributed by atoms with E-state index in [1.807, 2.05) is 0 Å². The molecule has 0 amide bonds. The van der Waals surface area contributed by atoms with Crippen molar-refractivity contribution < 1.29 is 14.6 Å². The number of halogens is 1. The molecule has 6 nitrogen and oxygen atoms in total. The number of hydrogen-bond acceptors (Lipinski definition) is 6. The second kappa shape index (κ2) is 4.14. The van der Waals surface area contributed by atoms with Crippen molar-refractivity contribution in [1.29, 1.82) is 0 Å². The van der Waals surface area contributed by atoms with Gasteiger partial charge in [-0.3, -0.25) is 0 Å². The Morgan fingerprint density at radius 3 is 2.59 bits per heavy atom. The molecule has 1 heterocycles. The number of fused-ring (bicyclic) bond motifs is 1. The Labute approximate surface area is 102 Å². The molecule has 0 bridgehead atoms. The van der Waals surface area contributed by atoms with Gasteiger partial charge in [0, 0.05) is 6.07 Å². The Bertz CT molecular complexity index is 589. The third kappa shape index (κ3) is 1.76. The van der Waals surface area contributed by atoms with Crippen LogP contribution in [0.5, 0.6) is 17.5 Å².